The first kappa shape index (κ1) is 31.3. The summed E-state index contributed by atoms with van der Waals surface area (Å²) in [6, 6.07) is -0.140. The van der Waals surface area contributed by atoms with Gasteiger partial charge in [0.2, 0.25) is 11.8 Å². The first-order valence-electron chi connectivity index (χ1n) is 11.7. The van der Waals surface area contributed by atoms with Crippen molar-refractivity contribution in [3.05, 3.63) is 6.42 Å². The van der Waals surface area contributed by atoms with Crippen LogP contribution in [0, 0.1) is 6.42 Å². The Balaban J connectivity index is 4.00. The van der Waals surface area contributed by atoms with Gasteiger partial charge in [0.1, 0.15) is 19.6 Å². The minimum absolute atomic E-state index is 0.0152. The summed E-state index contributed by atoms with van der Waals surface area (Å²) in [6.45, 7) is 12.9. The molecule has 0 radical (unpaired) electrons. The lowest BCUT2D eigenvalue weighted by Gasteiger charge is -2.27. The van der Waals surface area contributed by atoms with Crippen molar-refractivity contribution in [2.45, 2.75) is 40.2 Å². The highest BCUT2D eigenvalue weighted by molar-refractivity contribution is 5.91. The van der Waals surface area contributed by atoms with Crippen LogP contribution in [0.5, 0.6) is 0 Å². The largest absolute Gasteiger partial charge is 0.379 e. The lowest BCUT2D eigenvalue weighted by Crippen LogP contribution is -2.42. The van der Waals surface area contributed by atoms with Gasteiger partial charge in [-0.1, -0.05) is 0 Å². The number of carbonyl (C=O) groups is 2. The Morgan fingerprint density at radius 1 is 0.939 bits per heavy atom. The number of amides is 2. The standard InChI is InChI=1S/C23H44N4O6/c1-7-30-12-14-32-17-22(28)24-10-9-11-27(5,6)19-25-20(3)16-21(4)26-23(29)18-33-15-13-31-8-2/h16,21H,7-15,17-19H2,1-6H3/p+2/b25-20+. The summed E-state index contributed by atoms with van der Waals surface area (Å²) < 4.78 is 21.5. The molecule has 0 aliphatic rings. The molecule has 0 aliphatic heterocycles. The van der Waals surface area contributed by atoms with Gasteiger partial charge in [0.25, 0.3) is 0 Å². The van der Waals surface area contributed by atoms with Crippen LogP contribution in [-0.4, -0.2) is 115 Å². The van der Waals surface area contributed by atoms with Crippen LogP contribution in [0.15, 0.2) is 4.99 Å². The molecule has 0 aromatic rings. The topological polar surface area (TPSA) is 107 Å². The molecule has 1 unspecified atom stereocenters. The molecular formula is C23H46N4O6+2. The molecule has 10 heteroatoms. The zero-order valence-corrected chi connectivity index (χ0v) is 21.5. The zero-order chi connectivity index (χ0) is 25.0. The second-order valence-corrected chi connectivity index (χ2v) is 8.33. The smallest absolute Gasteiger partial charge is 0.249 e. The lowest BCUT2D eigenvalue weighted by atomic mass is 10.1. The molecule has 0 saturated carbocycles. The van der Waals surface area contributed by atoms with Crippen LogP contribution in [0.3, 0.4) is 0 Å². The van der Waals surface area contributed by atoms with E-state index >= 15 is 0 Å². The fourth-order valence-electron chi connectivity index (χ4n) is 2.77. The Morgan fingerprint density at radius 2 is 1.48 bits per heavy atom. The Labute approximate surface area is 200 Å². The van der Waals surface area contributed by atoms with Crippen LogP contribution in [0.2, 0.25) is 0 Å². The van der Waals surface area contributed by atoms with E-state index in [1.54, 1.807) is 0 Å². The van der Waals surface area contributed by atoms with Gasteiger partial charge in [-0.05, 0) is 20.8 Å². The van der Waals surface area contributed by atoms with Crippen LogP contribution >= 0.6 is 0 Å². The predicted molar refractivity (Wildman–Crippen MR) is 129 cm³/mol. The van der Waals surface area contributed by atoms with Crippen LogP contribution in [-0.2, 0) is 28.5 Å². The Kier molecular flexibility index (Phi) is 18.7. The highest BCUT2D eigenvalue weighted by Gasteiger charge is 2.19. The molecule has 10 nitrogen and oxygen atoms in total. The van der Waals surface area contributed by atoms with Crippen LogP contribution in [0.4, 0.5) is 0 Å². The molecule has 192 valence electrons. The highest BCUT2D eigenvalue weighted by atomic mass is 16.5. The van der Waals surface area contributed by atoms with Crippen molar-refractivity contribution in [3.63, 3.8) is 0 Å². The molecule has 0 fully saturated rings. The molecule has 0 saturated heterocycles. The molecule has 0 heterocycles. The molecule has 1 atom stereocenters. The Hall–Kier alpha value is -1.72. The SMILES string of the molecule is CCOCCOCC(=O)NCCC[N+](C)(C)C/N=C(\C)[CH+]C(C)NC(=O)COCCOCC. The highest BCUT2D eigenvalue weighted by Crippen LogP contribution is 2.02. The van der Waals surface area contributed by atoms with E-state index in [9.17, 15) is 9.59 Å². The number of ether oxygens (including phenoxy) is 4. The van der Waals surface area contributed by atoms with Gasteiger partial charge in [0.15, 0.2) is 18.4 Å². The van der Waals surface area contributed by atoms with Crippen molar-refractivity contribution < 1.29 is 33.0 Å². The normalized spacial score (nSPS) is 13.0. The van der Waals surface area contributed by atoms with Crippen molar-refractivity contribution in [1.82, 2.24) is 10.6 Å². The second-order valence-electron chi connectivity index (χ2n) is 8.33. The number of carbonyl (C=O) groups excluding carboxylic acids is 2. The van der Waals surface area contributed by atoms with Gasteiger partial charge in [0, 0.05) is 33.1 Å². The molecule has 33 heavy (non-hydrogen) atoms. The number of nitrogens with zero attached hydrogens (tertiary/aromatic N) is 2. The molecule has 0 aromatic heterocycles. The zero-order valence-electron chi connectivity index (χ0n) is 21.5. The summed E-state index contributed by atoms with van der Waals surface area (Å²) in [5.41, 5.74) is 0.865. The molecule has 2 amide bonds. The lowest BCUT2D eigenvalue weighted by molar-refractivity contribution is -0.889. The molecule has 0 aliphatic carbocycles. The van der Waals surface area contributed by atoms with Gasteiger partial charge in [0.05, 0.1) is 47.1 Å². The van der Waals surface area contributed by atoms with Gasteiger partial charge >= 0.3 is 0 Å². The summed E-state index contributed by atoms with van der Waals surface area (Å²) in [4.78, 5) is 28.3. The molecule has 0 bridgehead atoms. The molecule has 2 N–H and O–H groups in total. The van der Waals surface area contributed by atoms with Gasteiger partial charge in [-0.3, -0.25) is 9.59 Å². The minimum atomic E-state index is -0.166. The van der Waals surface area contributed by atoms with E-state index in [0.717, 1.165) is 18.7 Å². The summed E-state index contributed by atoms with van der Waals surface area (Å²) >= 11 is 0. The molecule has 0 spiro atoms. The first-order valence-corrected chi connectivity index (χ1v) is 11.7. The van der Waals surface area contributed by atoms with Gasteiger partial charge in [-0.2, -0.15) is 4.99 Å². The van der Waals surface area contributed by atoms with E-state index in [4.69, 9.17) is 18.9 Å². The molecule has 0 aromatic carbocycles. The van der Waals surface area contributed by atoms with Crippen molar-refractivity contribution >= 4 is 17.5 Å². The molecule has 0 rings (SSSR count). The van der Waals surface area contributed by atoms with Crippen LogP contribution in [0.1, 0.15) is 34.1 Å². The maximum atomic E-state index is 11.9. The van der Waals surface area contributed by atoms with E-state index in [2.05, 4.69) is 29.7 Å². The third-order valence-electron chi connectivity index (χ3n) is 4.46. The number of aliphatic imine (C=N–C) groups is 1. The number of rotatable bonds is 21. The summed E-state index contributed by atoms with van der Waals surface area (Å²) in [6.07, 6.45) is 2.76. The quantitative estimate of drug-likeness (QED) is 0.110. The van der Waals surface area contributed by atoms with Crippen LogP contribution < -0.4 is 10.6 Å². The number of hydrogen-bond donors (Lipinski definition) is 2. The van der Waals surface area contributed by atoms with Gasteiger partial charge in [-0.25, -0.2) is 0 Å². The van der Waals surface area contributed by atoms with E-state index in [1.165, 1.54) is 0 Å². The number of nitrogens with one attached hydrogen (secondary N) is 2. The number of quaternary nitrogens is 1. The third-order valence-corrected chi connectivity index (χ3v) is 4.46. The maximum absolute atomic E-state index is 11.9. The third kappa shape index (κ3) is 20.6. The van der Waals surface area contributed by atoms with Gasteiger partial charge in [-0.15, -0.1) is 0 Å². The molecular weight excluding hydrogens is 428 g/mol. The van der Waals surface area contributed by atoms with Crippen molar-refractivity contribution in [3.8, 4) is 0 Å². The summed E-state index contributed by atoms with van der Waals surface area (Å²) in [7, 11) is 4.19. The van der Waals surface area contributed by atoms with Crippen LogP contribution in [0.25, 0.3) is 0 Å². The fraction of sp³-hybridized carbons (Fsp3) is 0.826. The van der Waals surface area contributed by atoms with Crippen molar-refractivity contribution in [2.24, 2.45) is 4.99 Å². The summed E-state index contributed by atoms with van der Waals surface area (Å²) in [5.74, 6) is -0.281. The monoisotopic (exact) mass is 474 g/mol. The minimum Gasteiger partial charge on any atom is -0.379 e. The Morgan fingerprint density at radius 3 is 2.06 bits per heavy atom. The van der Waals surface area contributed by atoms with E-state index in [0.29, 0.717) is 57.3 Å². The van der Waals surface area contributed by atoms with Gasteiger partial charge < -0.3 is 34.1 Å². The predicted octanol–water partition coefficient (Wildman–Crippen LogP) is 0.803. The number of hydrogen-bond acceptors (Lipinski definition) is 7. The van der Waals surface area contributed by atoms with Crippen molar-refractivity contribution in [2.75, 3.05) is 86.7 Å². The summed E-state index contributed by atoms with van der Waals surface area (Å²) in [5, 5.41) is 5.74. The average Bonchev–Trinajstić information content (AvgIpc) is 2.75. The average molecular weight is 475 g/mol. The van der Waals surface area contributed by atoms with E-state index in [1.807, 2.05) is 34.1 Å². The van der Waals surface area contributed by atoms with Crippen molar-refractivity contribution in [1.29, 1.82) is 0 Å². The second kappa shape index (κ2) is 19.7. The van der Waals surface area contributed by atoms with E-state index < -0.39 is 0 Å². The Bertz CT molecular complexity index is 557. The maximum Gasteiger partial charge on any atom is 0.249 e. The fourth-order valence-corrected chi connectivity index (χ4v) is 2.77. The van der Waals surface area contributed by atoms with E-state index in [-0.39, 0.29) is 31.1 Å². The first-order chi connectivity index (χ1) is 15.7.